The first-order valence-corrected chi connectivity index (χ1v) is 45.0. The molecule has 0 saturated carbocycles. The Hall–Kier alpha value is -12.9. The molecule has 40 heteroatoms. The number of fused-ring (bicyclic) bond motifs is 2. The standard InChI is InChI=1S/C90H127N21O18S/c1-11-13-30-71-75(115)40-55(25-22-34-96-90(93)94)81(121)107-70(73(113)32-33-76(91)116)48-130-49-79(119)102-67(36-54-23-16-15-17-24-54)87(127)109(8)53(6)80(120)103-65(42-77(92)117)83(123)100-52(5)74(114)41-56(37-59-45-95-50-99-59)82(122)104-66(35-51(3)4)86(126)108(7)46-78(118)101-64(38-57-43-97-62-28-20-18-26-60(57)62)84(124)106-69(47-112)85(125)105-68(39-58-44-98-63-29-21-19-27-61(58)63)88(128)111(10)72(31-14-12-2)89(129)110(71)9/h15-21,23-24,26-29,43-45,50-53,55-56,64-72,97-98,112H,11-14,22,25,30-42,46-49H2,1-10H3,(H2,91,116)(H2,92,117)(H,95,99)(H,100,123)(H,101,118)(H,102,119)(H,103,120)(H,104,122)(H,105,125)(H,106,124)(H,107,121)(H4,93,94,96)/t52-,53-,55+,56+,64-,65-,66-,67-,68-,69-,70-,71-,72-/m0/s1. The van der Waals surface area contributed by atoms with Crippen molar-refractivity contribution in [2.24, 2.45) is 35.0 Å². The highest BCUT2D eigenvalue weighted by molar-refractivity contribution is 8.00. The van der Waals surface area contributed by atoms with Crippen LogP contribution in [0.5, 0.6) is 0 Å². The molecule has 6 aromatic rings. The summed E-state index contributed by atoms with van der Waals surface area (Å²) in [6, 6.07) is 6.30. The summed E-state index contributed by atoms with van der Waals surface area (Å²) in [6.45, 7) is 8.13. The zero-order valence-corrected chi connectivity index (χ0v) is 76.2. The van der Waals surface area contributed by atoms with Gasteiger partial charge in [-0.2, -0.15) is 0 Å². The lowest BCUT2D eigenvalue weighted by molar-refractivity contribution is -0.149. The average Bonchev–Trinajstić information content (AvgIpc) is 1.65. The van der Waals surface area contributed by atoms with Gasteiger partial charge >= 0.3 is 0 Å². The van der Waals surface area contributed by atoms with E-state index in [1.54, 1.807) is 105 Å². The number of carbonyl (C=O) groups is 17. The van der Waals surface area contributed by atoms with Crippen molar-refractivity contribution in [1.82, 2.24) is 87.4 Å². The molecule has 0 spiro atoms. The third kappa shape index (κ3) is 31.5. The summed E-state index contributed by atoms with van der Waals surface area (Å²) in [5.41, 5.74) is 20.1. The summed E-state index contributed by atoms with van der Waals surface area (Å²) in [5.74, 6) is -18.5. The minimum Gasteiger partial charge on any atom is -0.394 e. The second kappa shape index (κ2) is 51.3. The summed E-state index contributed by atoms with van der Waals surface area (Å²) in [4.78, 5) is 265. The molecule has 14 amide bonds. The van der Waals surface area contributed by atoms with E-state index in [1.165, 1.54) is 64.4 Å². The van der Waals surface area contributed by atoms with Crippen molar-refractivity contribution in [1.29, 1.82) is 5.41 Å². The van der Waals surface area contributed by atoms with Crippen LogP contribution in [0.1, 0.15) is 154 Å². The number of nitrogens with zero attached hydrogens (tertiary/aromatic N) is 5. The summed E-state index contributed by atoms with van der Waals surface area (Å²) in [5, 5.41) is 44.2. The largest absolute Gasteiger partial charge is 0.394 e. The van der Waals surface area contributed by atoms with E-state index in [0.717, 1.165) is 21.6 Å². The molecule has 1 aliphatic rings. The Kier molecular flexibility index (Phi) is 41.1. The van der Waals surface area contributed by atoms with Crippen LogP contribution in [0, 0.1) is 23.2 Å². The maximum atomic E-state index is 15.7. The van der Waals surface area contributed by atoms with Crippen LogP contribution < -0.4 is 65.1 Å². The Morgan fingerprint density at radius 1 is 0.538 bits per heavy atom. The van der Waals surface area contributed by atoms with Gasteiger partial charge in [-0.3, -0.25) is 86.9 Å². The molecule has 13 atom stereocenters. The van der Waals surface area contributed by atoms with Crippen LogP contribution in [-0.2, 0) is 107 Å². The van der Waals surface area contributed by atoms with Crippen LogP contribution in [-0.4, -0.2) is 277 Å². The van der Waals surface area contributed by atoms with Gasteiger partial charge in [0, 0.05) is 144 Å². The molecule has 39 nitrogen and oxygen atoms in total. The highest BCUT2D eigenvalue weighted by Crippen LogP contribution is 2.27. The number of imidazole rings is 1. The van der Waals surface area contributed by atoms with Crippen molar-refractivity contribution in [3.63, 3.8) is 0 Å². The molecule has 3 aromatic carbocycles. The quantitative estimate of drug-likeness (QED) is 0.0193. The number of aromatic amines is 3. The molecule has 20 N–H and O–H groups in total. The average molecular weight is 1820 g/mol. The monoisotopic (exact) mass is 1820 g/mol. The van der Waals surface area contributed by atoms with Gasteiger partial charge in [0.15, 0.2) is 23.3 Å². The number of rotatable bonds is 27. The van der Waals surface area contributed by atoms with Crippen LogP contribution in [0.4, 0.5) is 0 Å². The Balaban J connectivity index is 1.29. The molecule has 130 heavy (non-hydrogen) atoms. The fourth-order valence-electron chi connectivity index (χ4n) is 15.4. The van der Waals surface area contributed by atoms with Crippen LogP contribution in [0.25, 0.3) is 21.8 Å². The lowest BCUT2D eigenvalue weighted by atomic mass is 9.90. The van der Waals surface area contributed by atoms with Crippen LogP contribution >= 0.6 is 11.8 Å². The smallest absolute Gasteiger partial charge is 0.245 e. The van der Waals surface area contributed by atoms with E-state index in [-0.39, 0.29) is 82.0 Å². The van der Waals surface area contributed by atoms with Crippen molar-refractivity contribution in [2.75, 3.05) is 59.4 Å². The number of aromatic nitrogens is 4. The van der Waals surface area contributed by atoms with Crippen molar-refractivity contribution < 1.29 is 86.6 Å². The van der Waals surface area contributed by atoms with Gasteiger partial charge in [0.05, 0.1) is 55.7 Å². The van der Waals surface area contributed by atoms with Gasteiger partial charge in [-0.15, -0.1) is 11.8 Å². The molecule has 4 heterocycles. The number of nitrogens with one attached hydrogen (secondary N) is 13. The molecule has 1 fully saturated rings. The fraction of sp³-hybridized carbons (Fsp3) is 0.522. The van der Waals surface area contributed by atoms with Crippen molar-refractivity contribution >= 4 is 140 Å². The molecule has 1 aliphatic heterocycles. The number of thioether (sulfide) groups is 1. The highest BCUT2D eigenvalue weighted by Gasteiger charge is 2.42. The molecule has 706 valence electrons. The van der Waals surface area contributed by atoms with Gasteiger partial charge in [0.1, 0.15) is 48.3 Å². The summed E-state index contributed by atoms with van der Waals surface area (Å²) in [7, 11) is 5.32. The first kappa shape index (κ1) is 104. The molecule has 0 unspecified atom stereocenters. The third-order valence-corrected chi connectivity index (χ3v) is 24.0. The molecule has 1 saturated heterocycles. The molecule has 0 radical (unpaired) electrons. The predicted molar refractivity (Wildman–Crippen MR) is 486 cm³/mol. The molecule has 0 aliphatic carbocycles. The number of ketones is 3. The number of H-pyrrole nitrogens is 3. The number of nitrogens with two attached hydrogens (primary N) is 3. The van der Waals surface area contributed by atoms with E-state index in [0.29, 0.717) is 69.9 Å². The first-order valence-electron chi connectivity index (χ1n) is 43.8. The van der Waals surface area contributed by atoms with Gasteiger partial charge in [-0.05, 0) is 80.7 Å². The maximum Gasteiger partial charge on any atom is 0.245 e. The molecular weight excluding hydrogens is 1700 g/mol. The number of hydrogen-bond donors (Lipinski definition) is 17. The van der Waals surface area contributed by atoms with Crippen LogP contribution in [0.3, 0.4) is 0 Å². The summed E-state index contributed by atoms with van der Waals surface area (Å²) < 4.78 is 0. The summed E-state index contributed by atoms with van der Waals surface area (Å²) in [6.07, 6.45) is 4.34. The highest BCUT2D eigenvalue weighted by atomic mass is 32.2. The minimum absolute atomic E-state index is 0.00602. The maximum absolute atomic E-state index is 15.7. The minimum atomic E-state index is -1.84. The lowest BCUT2D eigenvalue weighted by Gasteiger charge is -2.36. The number of aliphatic hydroxyl groups is 1. The van der Waals surface area contributed by atoms with Crippen LogP contribution in [0.15, 0.2) is 104 Å². The number of amides is 14. The SMILES string of the molecule is CCCC[C@H]1C(=O)N(C)[C@@H](CCCC)C(=O)C[C@@H](CCCNC(=N)N)C(=O)N[C@H](C(=O)CCC(N)=O)CSCC(=O)N[C@@H](Cc2ccccc2)C(=O)N(C)[C@@H](C)C(=O)N[C@@H](CC(N)=O)C(=O)N[C@@H](C)C(=O)C[C@@H](Cc2cnc[nH]2)C(=O)N[C@@H](CC(C)C)C(=O)N(C)CC(=O)N[C@@H](Cc2c[nH]c3ccccc23)C(=O)N[C@@H](CO)C(=O)N[C@@H](Cc2c[nH]c3ccccc23)C(=O)N1C. The Morgan fingerprint density at radius 3 is 1.67 bits per heavy atom. The van der Waals surface area contributed by atoms with Crippen LogP contribution in [0.2, 0.25) is 0 Å². The summed E-state index contributed by atoms with van der Waals surface area (Å²) >= 11 is 0.851. The lowest BCUT2D eigenvalue weighted by Crippen LogP contribution is -2.60. The number of unbranched alkanes of at least 4 members (excludes halogenated alkanes) is 2. The van der Waals surface area contributed by atoms with E-state index in [9.17, 15) is 62.6 Å². The van der Waals surface area contributed by atoms with E-state index in [4.69, 9.17) is 22.6 Å². The Bertz CT molecular complexity index is 4950. The fourth-order valence-corrected chi connectivity index (χ4v) is 16.3. The van der Waals surface area contributed by atoms with Gasteiger partial charge in [0.2, 0.25) is 82.7 Å². The number of guanidine groups is 1. The van der Waals surface area contributed by atoms with E-state index in [2.05, 4.69) is 67.8 Å². The number of primary amides is 2. The zero-order valence-electron chi connectivity index (χ0n) is 75.4. The first-order chi connectivity index (χ1) is 61.8. The van der Waals surface area contributed by atoms with Gasteiger partial charge in [0.25, 0.3) is 0 Å². The molecule has 7 rings (SSSR count). The second-order valence-corrected chi connectivity index (χ2v) is 34.6. The Labute approximate surface area is 759 Å². The topological polar surface area (TPSA) is 594 Å². The van der Waals surface area contributed by atoms with E-state index >= 15 is 24.0 Å². The Morgan fingerprint density at radius 2 is 1.08 bits per heavy atom. The number of aliphatic hydroxyl groups excluding tert-OH is 1. The number of carbonyl (C=O) groups excluding carboxylic acids is 17. The van der Waals surface area contributed by atoms with Gasteiger partial charge < -0.3 is 105 Å². The van der Waals surface area contributed by atoms with E-state index < -0.39 is 229 Å². The normalized spacial score (nSPS) is 23.3. The molecule has 3 aromatic heterocycles. The zero-order chi connectivity index (χ0) is 95.6. The van der Waals surface area contributed by atoms with Gasteiger partial charge in [-0.25, -0.2) is 4.98 Å². The molecular formula is C90H127N21O18S. The number of hydrogen-bond acceptors (Lipinski definition) is 21. The van der Waals surface area contributed by atoms with Crippen molar-refractivity contribution in [3.8, 4) is 0 Å². The number of likely N-dealkylation sites (N-methyl/N-ethyl adjacent to an activating group) is 4. The van der Waals surface area contributed by atoms with Crippen molar-refractivity contribution in [2.45, 2.75) is 224 Å². The molecule has 0 bridgehead atoms. The third-order valence-electron chi connectivity index (χ3n) is 23.0. The second-order valence-electron chi connectivity index (χ2n) is 33.6. The predicted octanol–water partition coefficient (Wildman–Crippen LogP) is 0.790. The number of benzene rings is 3. The van der Waals surface area contributed by atoms with Gasteiger partial charge in [-0.1, -0.05) is 120 Å². The number of Topliss-reactive ketones (excluding diaryl/α,β-unsaturated/α-hetero) is 3. The van der Waals surface area contributed by atoms with Crippen molar-refractivity contribution in [3.05, 3.63) is 126 Å². The number of para-hydroxylation sites is 2. The van der Waals surface area contributed by atoms with E-state index in [1.807, 2.05) is 13.8 Å².